The summed E-state index contributed by atoms with van der Waals surface area (Å²) in [6.07, 6.45) is 18.1. The van der Waals surface area contributed by atoms with Crippen LogP contribution in [0, 0.1) is 23.7 Å². The maximum atomic E-state index is 13.8. The van der Waals surface area contributed by atoms with Gasteiger partial charge in [0.25, 0.3) is 0 Å². The standard InChI is InChI=1S/C72H135NO23/c1-4-6-8-10-12-14-16-18-20-22-24-26-28-30-32-34-38-91-62(78)37-36-54(72(87)92-39-35-33-31-29-27-25-23-21-19-17-15-13-11-9-7-5-2)73-71-70(86)66(82)53(58(43-77)96-71)46-90-49-61-69(85)65(81)52(57(42-76)95-61)45-89-48-60-68(84)64(80)51(56(41-75)94-60)44-88-47-59-67(83)63(79)50(3)55(40-74)93-59/h50-61,63-71,73-77,79-86H,4-49H2,1-3H3/t50-,51-,52-,53-,54?,55?,56?,57?,58?,59-,60-,61-,63-,64-,65-,66-,67?,68?,69?,70?,71-/m1/s1. The van der Waals surface area contributed by atoms with E-state index in [1.807, 2.05) is 0 Å². The van der Waals surface area contributed by atoms with Gasteiger partial charge in [0.1, 0.15) is 55.0 Å². The molecular formula is C72H135NO23. The van der Waals surface area contributed by atoms with Gasteiger partial charge in [0, 0.05) is 30.1 Å². The topological polar surface area (TPSA) is 372 Å². The third kappa shape index (κ3) is 31.8. The average molecular weight is 1380 g/mol. The summed E-state index contributed by atoms with van der Waals surface area (Å²) in [6, 6.07) is -1.15. The van der Waals surface area contributed by atoms with E-state index in [0.29, 0.717) is 6.42 Å². The van der Waals surface area contributed by atoms with Crippen LogP contribution in [-0.4, -0.2) is 256 Å². The molecule has 4 rings (SSSR count). The van der Waals surface area contributed by atoms with Crippen molar-refractivity contribution in [3.05, 3.63) is 0 Å². The number of aliphatic hydroxyl groups excluding tert-OH is 12. The number of aliphatic hydroxyl groups is 12. The second-order valence-corrected chi connectivity index (χ2v) is 28.1. The molecule has 9 unspecified atom stereocenters. The third-order valence-corrected chi connectivity index (χ3v) is 20.4. The summed E-state index contributed by atoms with van der Waals surface area (Å²) in [6.45, 7) is 2.45. The lowest BCUT2D eigenvalue weighted by Gasteiger charge is -2.44. The van der Waals surface area contributed by atoms with E-state index in [4.69, 9.17) is 42.6 Å². The van der Waals surface area contributed by atoms with Gasteiger partial charge in [-0.25, -0.2) is 0 Å². The fourth-order valence-electron chi connectivity index (χ4n) is 13.8. The molecule has 0 saturated carbocycles. The zero-order valence-electron chi connectivity index (χ0n) is 59.0. The number of rotatable bonds is 56. The van der Waals surface area contributed by atoms with Gasteiger partial charge in [-0.3, -0.25) is 14.9 Å². The van der Waals surface area contributed by atoms with E-state index < -0.39 is 159 Å². The predicted octanol–water partition coefficient (Wildman–Crippen LogP) is 5.75. The van der Waals surface area contributed by atoms with E-state index >= 15 is 0 Å². The number of ether oxygens (including phenoxy) is 9. The number of nitrogens with one attached hydrogen (secondary N) is 1. The predicted molar refractivity (Wildman–Crippen MR) is 360 cm³/mol. The van der Waals surface area contributed by atoms with E-state index in [-0.39, 0.29) is 72.3 Å². The van der Waals surface area contributed by atoms with E-state index in [1.165, 1.54) is 154 Å². The molecular weight excluding hydrogens is 1250 g/mol. The molecule has 0 amide bonds. The molecule has 0 aromatic carbocycles. The van der Waals surface area contributed by atoms with Gasteiger partial charge in [0.2, 0.25) is 0 Å². The molecule has 96 heavy (non-hydrogen) atoms. The van der Waals surface area contributed by atoms with Crippen molar-refractivity contribution in [2.24, 2.45) is 23.7 Å². The Kier molecular flexibility index (Phi) is 47.0. The Hall–Kier alpha value is -1.86. The highest BCUT2D eigenvalue weighted by molar-refractivity contribution is 5.77. The molecule has 4 fully saturated rings. The van der Waals surface area contributed by atoms with E-state index in [9.17, 15) is 70.9 Å². The molecule has 0 aromatic rings. The molecule has 21 atom stereocenters. The van der Waals surface area contributed by atoms with Gasteiger partial charge in [-0.05, 0) is 19.3 Å². The summed E-state index contributed by atoms with van der Waals surface area (Å²) in [5, 5.41) is 132. The van der Waals surface area contributed by atoms with E-state index in [0.717, 1.165) is 44.9 Å². The van der Waals surface area contributed by atoms with Crippen LogP contribution in [0.3, 0.4) is 0 Å². The molecule has 24 heteroatoms. The molecule has 0 radical (unpaired) electrons. The molecule has 0 spiro atoms. The molecule has 0 aliphatic carbocycles. The first-order valence-electron chi connectivity index (χ1n) is 37.9. The zero-order chi connectivity index (χ0) is 69.9. The molecule has 4 aliphatic rings. The maximum absolute atomic E-state index is 13.8. The second-order valence-electron chi connectivity index (χ2n) is 28.1. The van der Waals surface area contributed by atoms with E-state index in [1.54, 1.807) is 6.92 Å². The first-order chi connectivity index (χ1) is 46.6. The molecule has 4 aliphatic heterocycles. The number of carbonyl (C=O) groups is 2. The SMILES string of the molecule is CCCCCCCCCCCCCCCCCCOC(=O)CCC(N[C@@H]1OC(CO)[C@@H](COC[C@H]2OC(CO)[C@@H](COC[C@H]3OC(CO)[C@@H](COC[C@H]4OC(CO)[C@@H](C)[C@@H](O)C4O)[C@@H](O)C3O)[C@@H](O)C2O)[C@@H](O)C1O)C(=O)OCCCCCCCCCCCCCCCCCC. The lowest BCUT2D eigenvalue weighted by atomic mass is 9.86. The molecule has 24 nitrogen and oxygen atoms in total. The monoisotopic (exact) mass is 1380 g/mol. The molecule has 4 heterocycles. The van der Waals surface area contributed by atoms with Gasteiger partial charge in [0.05, 0.1) is 128 Å². The number of hydrogen-bond donors (Lipinski definition) is 13. The average Bonchev–Trinajstić information content (AvgIpc) is 0.828. The van der Waals surface area contributed by atoms with Gasteiger partial charge in [-0.15, -0.1) is 0 Å². The Morgan fingerprint density at radius 2 is 0.656 bits per heavy atom. The van der Waals surface area contributed by atoms with Crippen molar-refractivity contribution >= 4 is 11.9 Å². The van der Waals surface area contributed by atoms with Crippen molar-refractivity contribution in [1.29, 1.82) is 0 Å². The van der Waals surface area contributed by atoms with Crippen LogP contribution in [0.1, 0.15) is 239 Å². The highest BCUT2D eigenvalue weighted by atomic mass is 16.6. The van der Waals surface area contributed by atoms with Crippen LogP contribution >= 0.6 is 0 Å². The Labute approximate surface area is 574 Å². The molecule has 0 aromatic heterocycles. The first kappa shape index (κ1) is 86.5. The van der Waals surface area contributed by atoms with Crippen molar-refractivity contribution in [2.45, 2.75) is 343 Å². The van der Waals surface area contributed by atoms with Crippen molar-refractivity contribution in [1.82, 2.24) is 5.32 Å². The zero-order valence-corrected chi connectivity index (χ0v) is 59.0. The largest absolute Gasteiger partial charge is 0.466 e. The second kappa shape index (κ2) is 52.1. The fraction of sp³-hybridized carbons (Fsp3) is 0.972. The number of unbranched alkanes of at least 4 members (excludes halogenated alkanes) is 30. The lowest BCUT2D eigenvalue weighted by Crippen LogP contribution is -2.63. The van der Waals surface area contributed by atoms with Gasteiger partial charge in [0.15, 0.2) is 0 Å². The highest BCUT2D eigenvalue weighted by Crippen LogP contribution is 2.33. The summed E-state index contributed by atoms with van der Waals surface area (Å²) < 4.78 is 52.4. The van der Waals surface area contributed by atoms with Crippen molar-refractivity contribution in [3.8, 4) is 0 Å². The van der Waals surface area contributed by atoms with Gasteiger partial charge < -0.3 is 104 Å². The molecule has 0 bridgehead atoms. The minimum Gasteiger partial charge on any atom is -0.466 e. The van der Waals surface area contributed by atoms with Gasteiger partial charge in [-0.1, -0.05) is 213 Å². The number of carbonyl (C=O) groups excluding carboxylic acids is 2. The van der Waals surface area contributed by atoms with Crippen LogP contribution in [0.2, 0.25) is 0 Å². The first-order valence-corrected chi connectivity index (χ1v) is 37.9. The summed E-state index contributed by atoms with van der Waals surface area (Å²) >= 11 is 0. The minimum atomic E-state index is -1.66. The minimum absolute atomic E-state index is 0.0516. The van der Waals surface area contributed by atoms with Crippen LogP contribution < -0.4 is 5.32 Å². The Balaban J connectivity index is 1.21. The van der Waals surface area contributed by atoms with Crippen LogP contribution in [0.15, 0.2) is 0 Å². The highest BCUT2D eigenvalue weighted by Gasteiger charge is 2.49. The summed E-state index contributed by atoms with van der Waals surface area (Å²) in [5.41, 5.74) is 0. The van der Waals surface area contributed by atoms with Crippen LogP contribution in [0.5, 0.6) is 0 Å². The summed E-state index contributed by atoms with van der Waals surface area (Å²) in [7, 11) is 0. The van der Waals surface area contributed by atoms with Crippen LogP contribution in [0.25, 0.3) is 0 Å². The quantitative estimate of drug-likeness (QED) is 0.0254. The Morgan fingerprint density at radius 3 is 1.01 bits per heavy atom. The normalized spacial score (nSPS) is 31.4. The lowest BCUT2D eigenvalue weighted by molar-refractivity contribution is -0.250. The summed E-state index contributed by atoms with van der Waals surface area (Å²) in [5.74, 6) is -4.69. The molecule has 13 N–H and O–H groups in total. The van der Waals surface area contributed by atoms with Crippen molar-refractivity contribution in [3.63, 3.8) is 0 Å². The van der Waals surface area contributed by atoms with Gasteiger partial charge in [-0.2, -0.15) is 0 Å². The fourth-order valence-corrected chi connectivity index (χ4v) is 13.8. The Bertz CT molecular complexity index is 1910. The third-order valence-electron chi connectivity index (χ3n) is 20.4. The number of esters is 2. The number of hydrogen-bond acceptors (Lipinski definition) is 24. The maximum Gasteiger partial charge on any atom is 0.323 e. The molecule has 566 valence electrons. The van der Waals surface area contributed by atoms with E-state index in [2.05, 4.69) is 19.2 Å². The van der Waals surface area contributed by atoms with Gasteiger partial charge >= 0.3 is 11.9 Å². The van der Waals surface area contributed by atoms with Crippen molar-refractivity contribution < 1.29 is 113 Å². The van der Waals surface area contributed by atoms with Crippen LogP contribution in [-0.2, 0) is 52.2 Å². The van der Waals surface area contributed by atoms with Crippen LogP contribution in [0.4, 0.5) is 0 Å². The smallest absolute Gasteiger partial charge is 0.323 e. The molecule has 4 saturated heterocycles. The Morgan fingerprint density at radius 1 is 0.354 bits per heavy atom. The van der Waals surface area contributed by atoms with Crippen molar-refractivity contribution in [2.75, 3.05) is 79.3 Å². The summed E-state index contributed by atoms with van der Waals surface area (Å²) in [4.78, 5) is 26.8.